The molecular formula is C21H19N3O2. The van der Waals surface area contributed by atoms with Crippen molar-refractivity contribution in [3.8, 4) is 6.07 Å². The second kappa shape index (κ2) is 6.30. The van der Waals surface area contributed by atoms with Gasteiger partial charge >= 0.3 is 0 Å². The second-order valence-electron chi connectivity index (χ2n) is 6.92. The number of rotatable bonds is 3. The van der Waals surface area contributed by atoms with Gasteiger partial charge in [-0.2, -0.15) is 5.26 Å². The Morgan fingerprint density at radius 3 is 2.69 bits per heavy atom. The van der Waals surface area contributed by atoms with E-state index in [0.717, 1.165) is 24.1 Å². The molecule has 5 heteroatoms. The van der Waals surface area contributed by atoms with Crippen molar-refractivity contribution in [3.05, 3.63) is 59.7 Å². The van der Waals surface area contributed by atoms with Crippen LogP contribution in [-0.4, -0.2) is 18.4 Å². The number of benzene rings is 2. The van der Waals surface area contributed by atoms with Gasteiger partial charge in [-0.1, -0.05) is 24.3 Å². The first-order valence-electron chi connectivity index (χ1n) is 8.85. The molecule has 1 fully saturated rings. The van der Waals surface area contributed by atoms with Gasteiger partial charge in [-0.15, -0.1) is 0 Å². The molecule has 0 aromatic heterocycles. The van der Waals surface area contributed by atoms with Gasteiger partial charge in [0.15, 0.2) is 0 Å². The third kappa shape index (κ3) is 2.74. The minimum absolute atomic E-state index is 0.112. The zero-order valence-corrected chi connectivity index (χ0v) is 14.4. The van der Waals surface area contributed by atoms with E-state index in [1.165, 1.54) is 0 Å². The molecule has 5 nitrogen and oxygen atoms in total. The molecule has 4 rings (SSSR count). The average molecular weight is 345 g/mol. The minimum Gasteiger partial charge on any atom is -0.325 e. The number of hydrogen-bond acceptors (Lipinski definition) is 3. The van der Waals surface area contributed by atoms with Crippen LogP contribution in [0.2, 0.25) is 0 Å². The Hall–Kier alpha value is -3.13. The van der Waals surface area contributed by atoms with Crippen LogP contribution in [0.5, 0.6) is 0 Å². The van der Waals surface area contributed by atoms with E-state index in [1.54, 1.807) is 29.2 Å². The van der Waals surface area contributed by atoms with E-state index in [4.69, 9.17) is 5.26 Å². The van der Waals surface area contributed by atoms with Gasteiger partial charge in [0.2, 0.25) is 11.8 Å². The van der Waals surface area contributed by atoms with Gasteiger partial charge in [0, 0.05) is 17.9 Å². The maximum absolute atomic E-state index is 13.2. The fourth-order valence-electron chi connectivity index (χ4n) is 3.58. The third-order valence-electron chi connectivity index (χ3n) is 5.20. The summed E-state index contributed by atoms with van der Waals surface area (Å²) >= 11 is 0. The monoisotopic (exact) mass is 345 g/mol. The van der Waals surface area contributed by atoms with Gasteiger partial charge in [-0.3, -0.25) is 9.59 Å². The number of nitriles is 1. The number of aryl methyl sites for hydroxylation is 1. The number of carbonyl (C=O) groups excluding carboxylic acids is 2. The topological polar surface area (TPSA) is 73.2 Å². The molecule has 1 heterocycles. The summed E-state index contributed by atoms with van der Waals surface area (Å²) in [6.07, 6.45) is 2.99. The lowest BCUT2D eigenvalue weighted by molar-refractivity contribution is -0.132. The molecule has 1 N–H and O–H groups in total. The lowest BCUT2D eigenvalue weighted by atomic mass is 9.97. The average Bonchev–Trinajstić information content (AvgIpc) is 3.49. The molecule has 2 aromatic rings. The van der Waals surface area contributed by atoms with E-state index in [2.05, 4.69) is 11.4 Å². The molecule has 26 heavy (non-hydrogen) atoms. The Morgan fingerprint density at radius 1 is 1.12 bits per heavy atom. The summed E-state index contributed by atoms with van der Waals surface area (Å²) in [6.45, 7) is 0.648. The van der Waals surface area contributed by atoms with Crippen molar-refractivity contribution in [1.82, 2.24) is 0 Å². The molecule has 0 unspecified atom stereocenters. The van der Waals surface area contributed by atoms with Crippen LogP contribution in [0.15, 0.2) is 48.5 Å². The molecule has 0 saturated heterocycles. The van der Waals surface area contributed by atoms with Crippen LogP contribution in [0.1, 0.15) is 30.4 Å². The van der Waals surface area contributed by atoms with Crippen LogP contribution in [0.25, 0.3) is 0 Å². The minimum atomic E-state index is -0.979. The maximum Gasteiger partial charge on any atom is 0.242 e. The summed E-state index contributed by atoms with van der Waals surface area (Å²) in [5.74, 6) is -0.390. The van der Waals surface area contributed by atoms with Crippen LogP contribution in [0.4, 0.5) is 11.4 Å². The van der Waals surface area contributed by atoms with E-state index in [-0.39, 0.29) is 11.8 Å². The third-order valence-corrected chi connectivity index (χ3v) is 5.20. The van der Waals surface area contributed by atoms with Crippen LogP contribution in [0.3, 0.4) is 0 Å². The van der Waals surface area contributed by atoms with Crippen molar-refractivity contribution in [2.24, 2.45) is 5.41 Å². The zero-order chi connectivity index (χ0) is 18.1. The highest BCUT2D eigenvalue weighted by Crippen LogP contribution is 2.49. The van der Waals surface area contributed by atoms with Gasteiger partial charge in [0.1, 0.15) is 5.41 Å². The van der Waals surface area contributed by atoms with Gasteiger partial charge in [0.25, 0.3) is 0 Å². The lowest BCUT2D eigenvalue weighted by Crippen LogP contribution is -2.45. The quantitative estimate of drug-likeness (QED) is 0.868. The Kier molecular flexibility index (Phi) is 3.96. The summed E-state index contributed by atoms with van der Waals surface area (Å²) in [5.41, 5.74) is 2.13. The van der Waals surface area contributed by atoms with E-state index in [0.29, 0.717) is 30.6 Å². The van der Waals surface area contributed by atoms with Crippen LogP contribution < -0.4 is 10.2 Å². The largest absolute Gasteiger partial charge is 0.325 e. The highest BCUT2D eigenvalue weighted by atomic mass is 16.2. The molecule has 2 aromatic carbocycles. The molecule has 130 valence electrons. The van der Waals surface area contributed by atoms with Gasteiger partial charge < -0.3 is 10.2 Å². The second-order valence-corrected chi connectivity index (χ2v) is 6.92. The fourth-order valence-corrected chi connectivity index (χ4v) is 3.58. The van der Waals surface area contributed by atoms with E-state index in [9.17, 15) is 9.59 Å². The summed E-state index contributed by atoms with van der Waals surface area (Å²) in [4.78, 5) is 27.8. The van der Waals surface area contributed by atoms with Crippen molar-refractivity contribution in [2.45, 2.75) is 25.7 Å². The molecule has 2 amide bonds. The maximum atomic E-state index is 13.2. The Balaban J connectivity index is 1.56. The summed E-state index contributed by atoms with van der Waals surface area (Å²) in [7, 11) is 0. The molecule has 0 atom stereocenters. The smallest absolute Gasteiger partial charge is 0.242 e. The SMILES string of the molecule is N#Cc1cccc(NC(=O)C2(C(=O)N3CCCc4ccccc43)CC2)c1. The van der Waals surface area contributed by atoms with E-state index in [1.807, 2.05) is 24.3 Å². The lowest BCUT2D eigenvalue weighted by Gasteiger charge is -2.32. The molecule has 0 spiro atoms. The number of fused-ring (bicyclic) bond motifs is 1. The fraction of sp³-hybridized carbons (Fsp3) is 0.286. The van der Waals surface area contributed by atoms with Crippen molar-refractivity contribution in [2.75, 3.05) is 16.8 Å². The first-order chi connectivity index (χ1) is 12.6. The Bertz CT molecular complexity index is 925. The standard InChI is InChI=1S/C21H19N3O2/c22-14-15-5-3-8-17(13-15)23-19(25)21(10-11-21)20(26)24-12-4-7-16-6-1-2-9-18(16)24/h1-3,5-6,8-9,13H,4,7,10-12H2,(H,23,25). The summed E-state index contributed by atoms with van der Waals surface area (Å²) in [5, 5.41) is 11.8. The molecule has 0 bridgehead atoms. The van der Waals surface area contributed by atoms with Gasteiger partial charge in [-0.25, -0.2) is 0 Å². The number of hydrogen-bond donors (Lipinski definition) is 1. The zero-order valence-electron chi connectivity index (χ0n) is 14.4. The van der Waals surface area contributed by atoms with Crippen LogP contribution in [0, 0.1) is 16.7 Å². The van der Waals surface area contributed by atoms with E-state index < -0.39 is 5.41 Å². The first-order valence-corrected chi connectivity index (χ1v) is 8.85. The molecule has 1 saturated carbocycles. The molecule has 0 radical (unpaired) electrons. The van der Waals surface area contributed by atoms with Gasteiger partial charge in [0.05, 0.1) is 11.6 Å². The number of nitrogens with zero attached hydrogens (tertiary/aromatic N) is 2. The predicted molar refractivity (Wildman–Crippen MR) is 98.6 cm³/mol. The van der Waals surface area contributed by atoms with Crippen LogP contribution >= 0.6 is 0 Å². The van der Waals surface area contributed by atoms with Crippen molar-refractivity contribution in [1.29, 1.82) is 5.26 Å². The Morgan fingerprint density at radius 2 is 1.92 bits per heavy atom. The molecular weight excluding hydrogens is 326 g/mol. The highest BCUT2D eigenvalue weighted by Gasteiger charge is 2.58. The van der Waals surface area contributed by atoms with Gasteiger partial charge in [-0.05, 0) is 55.5 Å². The number of nitrogens with one attached hydrogen (secondary N) is 1. The number of carbonyl (C=O) groups is 2. The summed E-state index contributed by atoms with van der Waals surface area (Å²) < 4.78 is 0. The molecule has 1 aliphatic heterocycles. The predicted octanol–water partition coefficient (Wildman–Crippen LogP) is 3.26. The number of para-hydroxylation sites is 1. The molecule has 1 aliphatic carbocycles. The first kappa shape index (κ1) is 16.3. The number of amides is 2. The Labute approximate surface area is 152 Å². The van der Waals surface area contributed by atoms with Crippen LogP contribution in [-0.2, 0) is 16.0 Å². The summed E-state index contributed by atoms with van der Waals surface area (Å²) in [6, 6.07) is 16.7. The highest BCUT2D eigenvalue weighted by molar-refractivity contribution is 6.18. The number of anilines is 2. The van der Waals surface area contributed by atoms with Crippen molar-refractivity contribution >= 4 is 23.2 Å². The normalized spacial score (nSPS) is 17.0. The van der Waals surface area contributed by atoms with E-state index >= 15 is 0 Å². The van der Waals surface area contributed by atoms with Crippen molar-refractivity contribution < 1.29 is 9.59 Å². The molecule has 2 aliphatic rings. The van der Waals surface area contributed by atoms with Crippen molar-refractivity contribution in [3.63, 3.8) is 0 Å².